The Balaban J connectivity index is 0.000000245. The zero-order valence-corrected chi connectivity index (χ0v) is 45.6. The van der Waals surface area contributed by atoms with Gasteiger partial charge in [-0.1, -0.05) is 111 Å². The fourth-order valence-corrected chi connectivity index (χ4v) is 6.88. The molecular formula is C58H59BrClN8OPt2+. The zero-order chi connectivity index (χ0) is 47.4. The Hall–Kier alpha value is -5.86. The van der Waals surface area contributed by atoms with E-state index in [0.29, 0.717) is 6.54 Å². The molecule has 0 unspecified atom stereocenters. The van der Waals surface area contributed by atoms with E-state index in [0.717, 1.165) is 64.9 Å². The molecule has 370 valence electrons. The van der Waals surface area contributed by atoms with Crippen molar-refractivity contribution >= 4 is 26.4 Å². The van der Waals surface area contributed by atoms with Crippen LogP contribution in [0.4, 0.5) is 0 Å². The molecule has 0 fully saturated rings. The number of pyridine rings is 4. The minimum atomic E-state index is 0. The van der Waals surface area contributed by atoms with E-state index in [-0.39, 0.29) is 52.1 Å². The van der Waals surface area contributed by atoms with Crippen LogP contribution in [0.25, 0.3) is 45.3 Å². The van der Waals surface area contributed by atoms with Crippen molar-refractivity contribution in [1.82, 2.24) is 34.3 Å². The topological polar surface area (TPSA) is 87.1 Å². The Morgan fingerprint density at radius 3 is 1.54 bits per heavy atom. The molecule has 0 saturated heterocycles. The number of aromatic nitrogens is 6. The number of rotatable bonds is 12. The average molecular weight is 1390 g/mol. The second-order valence-electron chi connectivity index (χ2n) is 15.1. The molecule has 10 rings (SSSR count). The normalized spacial score (nSPS) is 10.7. The van der Waals surface area contributed by atoms with E-state index in [1.165, 1.54) is 17.5 Å². The molecule has 71 heavy (non-hydrogen) atoms. The van der Waals surface area contributed by atoms with Gasteiger partial charge in [-0.05, 0) is 77.7 Å². The molecule has 0 amide bonds. The molecule has 6 heterocycles. The van der Waals surface area contributed by atoms with Crippen molar-refractivity contribution in [3.8, 4) is 45.3 Å². The first-order valence-corrected chi connectivity index (χ1v) is 25.1. The number of aliphatic hydroxyl groups excluding tert-OH is 1. The summed E-state index contributed by atoms with van der Waals surface area (Å²) in [5.41, 5.74) is 9.98. The molecule has 4 aromatic carbocycles. The number of hydrogen-bond acceptors (Lipinski definition) is 7. The van der Waals surface area contributed by atoms with Gasteiger partial charge >= 0.3 is 49.3 Å². The molecule has 0 aliphatic carbocycles. The first-order chi connectivity index (χ1) is 33.6. The second-order valence-corrected chi connectivity index (χ2v) is 15.1. The molecular weight excluding hydrogens is 1330 g/mol. The van der Waals surface area contributed by atoms with Gasteiger partial charge in [0.05, 0.1) is 35.9 Å². The smallest absolute Gasteiger partial charge is 0.295 e. The molecule has 1 N–H and O–H groups in total. The molecule has 1 aliphatic heterocycles. The predicted molar refractivity (Wildman–Crippen MR) is 286 cm³/mol. The molecule has 0 radical (unpaired) electrons. The Morgan fingerprint density at radius 2 is 1.06 bits per heavy atom. The van der Waals surface area contributed by atoms with E-state index in [4.69, 9.17) is 5.11 Å². The summed E-state index contributed by atoms with van der Waals surface area (Å²) in [6.45, 7) is 7.96. The SMILES string of the molecule is Br.C.CCCn1cc[n+](Cc2ccccc2)c1.OCCN1C=CN(Cc2ccccc2)[CH-]1.[Cl][Pt+].[Pt+2].[c-]1ccccc1-c1cccc(-c2ccccn2)n1.[c-]1ccccc1-c1cccc(-c2ccccn2)n1. The van der Waals surface area contributed by atoms with Crippen molar-refractivity contribution in [3.63, 3.8) is 0 Å². The van der Waals surface area contributed by atoms with Gasteiger partial charge in [0.1, 0.15) is 18.9 Å². The summed E-state index contributed by atoms with van der Waals surface area (Å²) in [6.07, 6.45) is 15.1. The standard InChI is InChI=1S/2C16H11N2.C13H17N2.C12H15N2O.CH4.BrH.ClH.2Pt/c2*1-2-7-13(8-3-1)14-10-6-11-16(18-14)15-9-4-5-12-17-15;1-2-8-14-9-10-15(12-14)11-13-6-4-3-5-7-13;15-9-8-13-6-7-14(11-13)10-12-4-2-1-3-5-12;;;;;/h2*1-7,9-12H;3-7,9-10,12H,2,8,11H2,1H3;1-7,11,15H,8-10H2;1H4;2*1H;;/q2*-1;+1;-1;;;;2*+2/p-1. The minimum absolute atomic E-state index is 0. The number of benzene rings is 4. The van der Waals surface area contributed by atoms with Crippen LogP contribution in [0, 0.1) is 18.8 Å². The molecule has 0 atom stereocenters. The van der Waals surface area contributed by atoms with Crippen molar-refractivity contribution in [2.45, 2.75) is 40.4 Å². The third-order valence-electron chi connectivity index (χ3n) is 10.1. The van der Waals surface area contributed by atoms with Crippen LogP contribution < -0.4 is 4.57 Å². The zero-order valence-electron chi connectivity index (χ0n) is 38.6. The Bertz CT molecular complexity index is 2550. The van der Waals surface area contributed by atoms with Gasteiger partial charge in [-0.3, -0.25) is 19.9 Å². The molecule has 0 bridgehead atoms. The van der Waals surface area contributed by atoms with Gasteiger partial charge in [0.25, 0.3) is 0 Å². The first-order valence-electron chi connectivity index (χ1n) is 22.2. The van der Waals surface area contributed by atoms with Crippen LogP contribution in [-0.2, 0) is 59.5 Å². The summed E-state index contributed by atoms with van der Waals surface area (Å²) in [4.78, 5) is 21.9. The van der Waals surface area contributed by atoms with Crippen LogP contribution in [0.3, 0.4) is 0 Å². The molecule has 1 aliphatic rings. The number of β-amino-alcohol motifs (C(OH)–C–C–N with tert-alkyl or cyclic N) is 1. The van der Waals surface area contributed by atoms with Crippen molar-refractivity contribution < 1.29 is 49.5 Å². The van der Waals surface area contributed by atoms with E-state index in [2.05, 4.69) is 124 Å². The summed E-state index contributed by atoms with van der Waals surface area (Å²) in [6, 6.07) is 66.4. The van der Waals surface area contributed by atoms with Gasteiger partial charge < -0.3 is 14.9 Å². The van der Waals surface area contributed by atoms with E-state index in [1.807, 2.05) is 163 Å². The van der Waals surface area contributed by atoms with Crippen molar-refractivity contribution in [2.24, 2.45) is 0 Å². The number of hydrogen-bond donors (Lipinski definition) is 1. The predicted octanol–water partition coefficient (Wildman–Crippen LogP) is 12.7. The van der Waals surface area contributed by atoms with Gasteiger partial charge in [0.15, 0.2) is 0 Å². The van der Waals surface area contributed by atoms with Gasteiger partial charge in [-0.15, -0.1) is 88.8 Å². The summed E-state index contributed by atoms with van der Waals surface area (Å²) < 4.78 is 4.44. The molecule has 0 spiro atoms. The monoisotopic (exact) mass is 1390 g/mol. The Kier molecular flexibility index (Phi) is 28.9. The van der Waals surface area contributed by atoms with E-state index < -0.39 is 0 Å². The molecule has 0 saturated carbocycles. The first kappa shape index (κ1) is 59.4. The number of halogens is 2. The molecule has 5 aromatic heterocycles. The Labute approximate surface area is 460 Å². The number of aryl methyl sites for hydroxylation is 1. The van der Waals surface area contributed by atoms with E-state index >= 15 is 0 Å². The van der Waals surface area contributed by atoms with Crippen LogP contribution in [0.2, 0.25) is 0 Å². The number of aliphatic hydroxyl groups is 1. The van der Waals surface area contributed by atoms with E-state index in [1.54, 1.807) is 31.2 Å². The quantitative estimate of drug-likeness (QED) is 0.0963. The largest absolute Gasteiger partial charge is 2.00 e. The van der Waals surface area contributed by atoms with Gasteiger partial charge in [-0.2, -0.15) is 6.67 Å². The third-order valence-corrected chi connectivity index (χ3v) is 10.1. The van der Waals surface area contributed by atoms with Gasteiger partial charge in [-0.25, -0.2) is 9.13 Å². The van der Waals surface area contributed by atoms with Crippen molar-refractivity contribution in [3.05, 3.63) is 255 Å². The molecule has 13 heteroatoms. The summed E-state index contributed by atoms with van der Waals surface area (Å²) >= 11 is 1.61. The second kappa shape index (κ2) is 34.5. The maximum atomic E-state index is 8.79. The van der Waals surface area contributed by atoms with Crippen LogP contribution in [0.5, 0.6) is 0 Å². The van der Waals surface area contributed by atoms with Gasteiger partial charge in [0.2, 0.25) is 6.33 Å². The minimum Gasteiger partial charge on any atom is -0.295 e. The third kappa shape index (κ3) is 20.4. The average Bonchev–Trinajstić information content (AvgIpc) is 4.08. The van der Waals surface area contributed by atoms with Crippen molar-refractivity contribution in [2.75, 3.05) is 13.2 Å². The summed E-state index contributed by atoms with van der Waals surface area (Å²) in [7, 11) is 4.61. The summed E-state index contributed by atoms with van der Waals surface area (Å²) in [5, 5.41) is 8.79. The van der Waals surface area contributed by atoms with Crippen LogP contribution in [0.15, 0.2) is 226 Å². The fourth-order valence-electron chi connectivity index (χ4n) is 6.88. The van der Waals surface area contributed by atoms with Crippen LogP contribution in [0.1, 0.15) is 31.9 Å². The molecule has 9 nitrogen and oxygen atoms in total. The van der Waals surface area contributed by atoms with Crippen LogP contribution in [-0.4, -0.2) is 52.6 Å². The Morgan fingerprint density at radius 1 is 0.577 bits per heavy atom. The van der Waals surface area contributed by atoms with Crippen LogP contribution >= 0.6 is 26.4 Å². The fraction of sp³-hybridized carbons (Fsp3) is 0.138. The number of nitrogens with zero attached hydrogens (tertiary/aromatic N) is 8. The summed E-state index contributed by atoms with van der Waals surface area (Å²) in [5.74, 6) is 0. The van der Waals surface area contributed by atoms with Crippen molar-refractivity contribution in [1.29, 1.82) is 0 Å². The van der Waals surface area contributed by atoms with E-state index in [9.17, 15) is 0 Å². The maximum Gasteiger partial charge on any atom is 2.00 e. The maximum absolute atomic E-state index is 8.79. The molecule has 9 aromatic rings. The number of imidazole rings is 1. The van der Waals surface area contributed by atoms with Gasteiger partial charge in [0, 0.05) is 25.5 Å².